The fraction of sp³-hybridized carbons (Fsp3) is 0.500. The maximum absolute atomic E-state index is 13.5. The molecule has 1 aromatic carbocycles. The van der Waals surface area contributed by atoms with E-state index >= 15 is 0 Å². The Morgan fingerprint density at radius 1 is 1.35 bits per heavy atom. The van der Waals surface area contributed by atoms with Gasteiger partial charge < -0.3 is 15.2 Å². The van der Waals surface area contributed by atoms with Crippen molar-refractivity contribution in [1.29, 1.82) is 0 Å². The molecular weight excluding hydrogens is 268 g/mol. The highest BCUT2D eigenvalue weighted by atomic mass is 19.1. The molecule has 0 saturated carbocycles. The Morgan fingerprint density at radius 3 is 2.50 bits per heavy atom. The molecular formula is C14H19F2NO3. The summed E-state index contributed by atoms with van der Waals surface area (Å²) >= 11 is 0. The van der Waals surface area contributed by atoms with E-state index in [-0.39, 0.29) is 5.56 Å². The van der Waals surface area contributed by atoms with E-state index < -0.39 is 35.5 Å². The highest BCUT2D eigenvalue weighted by Crippen LogP contribution is 2.21. The predicted octanol–water partition coefficient (Wildman–Crippen LogP) is 2.91. The Bertz CT molecular complexity index is 486. The molecule has 4 nitrogen and oxygen atoms in total. The third-order valence-electron chi connectivity index (χ3n) is 2.49. The summed E-state index contributed by atoms with van der Waals surface area (Å²) in [5.74, 6) is -1.40. The molecule has 0 aliphatic rings. The quantitative estimate of drug-likeness (QED) is 0.898. The summed E-state index contributed by atoms with van der Waals surface area (Å²) in [5, 5.41) is 12.3. The van der Waals surface area contributed by atoms with Crippen LogP contribution >= 0.6 is 0 Å². The Hall–Kier alpha value is -1.69. The van der Waals surface area contributed by atoms with Crippen LogP contribution in [0.25, 0.3) is 0 Å². The summed E-state index contributed by atoms with van der Waals surface area (Å²) in [7, 11) is 0. The molecule has 0 aliphatic carbocycles. The van der Waals surface area contributed by atoms with Crippen LogP contribution in [0.15, 0.2) is 18.2 Å². The van der Waals surface area contributed by atoms with Gasteiger partial charge >= 0.3 is 6.09 Å². The molecule has 112 valence electrons. The summed E-state index contributed by atoms with van der Waals surface area (Å²) in [4.78, 5) is 11.5. The van der Waals surface area contributed by atoms with E-state index in [4.69, 9.17) is 4.74 Å². The second-order valence-electron chi connectivity index (χ2n) is 5.55. The Balaban J connectivity index is 2.74. The number of ether oxygens (including phenoxy) is 1. The van der Waals surface area contributed by atoms with Crippen molar-refractivity contribution >= 4 is 6.09 Å². The third kappa shape index (κ3) is 4.77. The molecule has 0 saturated heterocycles. The first kappa shape index (κ1) is 16.4. The van der Waals surface area contributed by atoms with E-state index in [0.29, 0.717) is 0 Å². The molecule has 2 atom stereocenters. The Morgan fingerprint density at radius 2 is 1.95 bits per heavy atom. The molecule has 1 rings (SSSR count). The maximum Gasteiger partial charge on any atom is 0.407 e. The largest absolute Gasteiger partial charge is 0.444 e. The van der Waals surface area contributed by atoms with Gasteiger partial charge in [0.25, 0.3) is 0 Å². The number of rotatable bonds is 3. The van der Waals surface area contributed by atoms with Gasteiger partial charge in [-0.2, -0.15) is 0 Å². The first-order chi connectivity index (χ1) is 9.10. The van der Waals surface area contributed by atoms with E-state index in [2.05, 4.69) is 5.32 Å². The number of halogens is 2. The monoisotopic (exact) mass is 287 g/mol. The summed E-state index contributed by atoms with van der Waals surface area (Å²) in [6.45, 7) is 6.55. The molecule has 0 heterocycles. The van der Waals surface area contributed by atoms with Crippen molar-refractivity contribution in [3.05, 3.63) is 35.4 Å². The van der Waals surface area contributed by atoms with Crippen LogP contribution in [0, 0.1) is 11.6 Å². The predicted molar refractivity (Wildman–Crippen MR) is 70.1 cm³/mol. The molecule has 0 bridgehead atoms. The second kappa shape index (κ2) is 6.17. The van der Waals surface area contributed by atoms with Crippen molar-refractivity contribution < 1.29 is 23.4 Å². The number of aliphatic hydroxyl groups is 1. The van der Waals surface area contributed by atoms with Crippen LogP contribution < -0.4 is 5.32 Å². The minimum atomic E-state index is -1.38. The molecule has 0 fully saturated rings. The lowest BCUT2D eigenvalue weighted by atomic mass is 10.0. The summed E-state index contributed by atoms with van der Waals surface area (Å²) < 4.78 is 31.6. The van der Waals surface area contributed by atoms with Gasteiger partial charge in [-0.25, -0.2) is 13.6 Å². The minimum absolute atomic E-state index is 0.214. The van der Waals surface area contributed by atoms with Gasteiger partial charge in [-0.05, 0) is 45.9 Å². The zero-order valence-electron chi connectivity index (χ0n) is 11.9. The van der Waals surface area contributed by atoms with Crippen LogP contribution in [0.4, 0.5) is 13.6 Å². The highest BCUT2D eigenvalue weighted by Gasteiger charge is 2.24. The second-order valence-corrected chi connectivity index (χ2v) is 5.55. The first-order valence-corrected chi connectivity index (χ1v) is 6.22. The summed E-state index contributed by atoms with van der Waals surface area (Å²) in [6.07, 6.45) is -2.11. The van der Waals surface area contributed by atoms with Gasteiger partial charge in [0.05, 0.1) is 6.04 Å². The fourth-order valence-electron chi connectivity index (χ4n) is 1.58. The van der Waals surface area contributed by atoms with E-state index in [0.717, 1.165) is 18.2 Å². The number of nitrogens with one attached hydrogen (secondary N) is 1. The number of amides is 1. The lowest BCUT2D eigenvalue weighted by Crippen LogP contribution is -2.40. The van der Waals surface area contributed by atoms with E-state index in [1.54, 1.807) is 20.8 Å². The molecule has 2 N–H and O–H groups in total. The third-order valence-corrected chi connectivity index (χ3v) is 2.49. The molecule has 1 amide bonds. The van der Waals surface area contributed by atoms with Gasteiger partial charge in [-0.1, -0.05) is 0 Å². The molecule has 0 unspecified atom stereocenters. The van der Waals surface area contributed by atoms with Crippen LogP contribution in [0.5, 0.6) is 0 Å². The molecule has 0 radical (unpaired) electrons. The van der Waals surface area contributed by atoms with Gasteiger partial charge in [0, 0.05) is 5.56 Å². The van der Waals surface area contributed by atoms with Crippen LogP contribution in [-0.4, -0.2) is 22.8 Å². The Labute approximate surface area is 116 Å². The van der Waals surface area contributed by atoms with Crippen molar-refractivity contribution in [2.45, 2.75) is 45.4 Å². The number of hydrogen-bond acceptors (Lipinski definition) is 3. The lowest BCUT2D eigenvalue weighted by molar-refractivity contribution is 0.0432. The standard InChI is InChI=1S/C14H19F2NO3/c1-8(17-13(19)20-14(2,3)4)12(18)10-7-9(15)5-6-11(10)16/h5-8,12,18H,1-4H3,(H,17,19)/t8-,12-/m1/s1. The van der Waals surface area contributed by atoms with Crippen molar-refractivity contribution in [2.24, 2.45) is 0 Å². The SMILES string of the molecule is C[C@@H](NC(=O)OC(C)(C)C)[C@@H](O)c1cc(F)ccc1F. The van der Waals surface area contributed by atoms with E-state index in [1.165, 1.54) is 6.92 Å². The zero-order chi connectivity index (χ0) is 15.5. The van der Waals surface area contributed by atoms with Crippen LogP contribution in [-0.2, 0) is 4.74 Å². The maximum atomic E-state index is 13.5. The van der Waals surface area contributed by atoms with Gasteiger partial charge in [-0.3, -0.25) is 0 Å². The topological polar surface area (TPSA) is 58.6 Å². The van der Waals surface area contributed by atoms with Crippen LogP contribution in [0.1, 0.15) is 39.4 Å². The smallest absolute Gasteiger partial charge is 0.407 e. The molecule has 6 heteroatoms. The first-order valence-electron chi connectivity index (χ1n) is 6.22. The number of hydrogen-bond donors (Lipinski definition) is 2. The number of alkyl carbamates (subject to hydrolysis) is 1. The van der Waals surface area contributed by atoms with Crippen LogP contribution in [0.2, 0.25) is 0 Å². The van der Waals surface area contributed by atoms with Crippen molar-refractivity contribution in [3.8, 4) is 0 Å². The van der Waals surface area contributed by atoms with E-state index in [9.17, 15) is 18.7 Å². The minimum Gasteiger partial charge on any atom is -0.444 e. The van der Waals surface area contributed by atoms with Crippen molar-refractivity contribution in [2.75, 3.05) is 0 Å². The molecule has 1 aromatic rings. The number of benzene rings is 1. The van der Waals surface area contributed by atoms with Crippen LogP contribution in [0.3, 0.4) is 0 Å². The van der Waals surface area contributed by atoms with Gasteiger partial charge in [0.2, 0.25) is 0 Å². The summed E-state index contributed by atoms with van der Waals surface area (Å²) in [5.41, 5.74) is -0.896. The average molecular weight is 287 g/mol. The van der Waals surface area contributed by atoms with Gasteiger partial charge in [0.1, 0.15) is 23.3 Å². The Kier molecular flexibility index (Phi) is 5.05. The lowest BCUT2D eigenvalue weighted by Gasteiger charge is -2.24. The number of aliphatic hydroxyl groups excluding tert-OH is 1. The normalized spacial score (nSPS) is 14.6. The van der Waals surface area contributed by atoms with E-state index in [1.807, 2.05) is 0 Å². The molecule has 0 aromatic heterocycles. The molecule has 0 aliphatic heterocycles. The number of carbonyl (C=O) groups is 1. The highest BCUT2D eigenvalue weighted by molar-refractivity contribution is 5.68. The molecule has 0 spiro atoms. The van der Waals surface area contributed by atoms with Crippen molar-refractivity contribution in [3.63, 3.8) is 0 Å². The van der Waals surface area contributed by atoms with Gasteiger partial charge in [-0.15, -0.1) is 0 Å². The average Bonchev–Trinajstić information content (AvgIpc) is 2.28. The number of carbonyl (C=O) groups excluding carboxylic acids is 1. The summed E-state index contributed by atoms with van der Waals surface area (Å²) in [6, 6.07) is 1.94. The van der Waals surface area contributed by atoms with Crippen molar-refractivity contribution in [1.82, 2.24) is 5.32 Å². The zero-order valence-corrected chi connectivity index (χ0v) is 11.9. The fourth-order valence-corrected chi connectivity index (χ4v) is 1.58. The van der Waals surface area contributed by atoms with Gasteiger partial charge in [0.15, 0.2) is 0 Å². The molecule has 20 heavy (non-hydrogen) atoms.